The van der Waals surface area contributed by atoms with Gasteiger partial charge in [0.2, 0.25) is 0 Å². The molecule has 1 aliphatic rings. The second-order valence-corrected chi connectivity index (χ2v) is 4.80. The van der Waals surface area contributed by atoms with E-state index in [-0.39, 0.29) is 0 Å². The Kier molecular flexibility index (Phi) is 3.21. The quantitative estimate of drug-likeness (QED) is 0.815. The van der Waals surface area contributed by atoms with Crippen molar-refractivity contribution in [2.45, 2.75) is 31.7 Å². The first-order valence-corrected chi connectivity index (χ1v) is 5.97. The average Bonchev–Trinajstić information content (AvgIpc) is 2.22. The van der Waals surface area contributed by atoms with Gasteiger partial charge in [-0.1, -0.05) is 0 Å². The molecule has 2 heterocycles. The fourth-order valence-corrected chi connectivity index (χ4v) is 2.29. The van der Waals surface area contributed by atoms with Crippen LogP contribution in [0.1, 0.15) is 31.4 Å². The van der Waals surface area contributed by atoms with E-state index in [2.05, 4.69) is 38.1 Å². The Hall–Kier alpha value is -0.680. The molecular weight excluding hydrogens is 256 g/mol. The maximum atomic E-state index is 5.61. The van der Waals surface area contributed by atoms with Crippen LogP contribution in [0.4, 0.5) is 5.82 Å². The molecule has 5 heteroatoms. The smallest absolute Gasteiger partial charge is 0.156 e. The molecule has 0 aliphatic carbocycles. The zero-order valence-corrected chi connectivity index (χ0v) is 10.3. The number of hydrogen-bond donors (Lipinski definition) is 2. The van der Waals surface area contributed by atoms with E-state index in [4.69, 9.17) is 5.73 Å². The van der Waals surface area contributed by atoms with Crippen LogP contribution >= 0.6 is 15.9 Å². The molecule has 3 N–H and O–H groups in total. The maximum absolute atomic E-state index is 5.61. The van der Waals surface area contributed by atoms with E-state index in [1.807, 2.05) is 0 Å². The minimum atomic E-state index is 0.459. The van der Waals surface area contributed by atoms with Crippen molar-refractivity contribution in [2.75, 3.05) is 12.3 Å². The Balaban J connectivity index is 2.18. The normalized spacial score (nSPS) is 26.5. The molecule has 0 saturated carbocycles. The SMILES string of the molecule is CC1CC(c2cnc(N)c(Br)n2)CCN1. The summed E-state index contributed by atoms with van der Waals surface area (Å²) in [4.78, 5) is 8.56. The van der Waals surface area contributed by atoms with Crippen LogP contribution in [0.25, 0.3) is 0 Å². The lowest BCUT2D eigenvalue weighted by atomic mass is 9.91. The van der Waals surface area contributed by atoms with Crippen molar-refractivity contribution in [1.29, 1.82) is 0 Å². The highest BCUT2D eigenvalue weighted by Gasteiger charge is 2.21. The zero-order valence-electron chi connectivity index (χ0n) is 8.70. The maximum Gasteiger partial charge on any atom is 0.156 e. The number of halogens is 1. The number of nitrogen functional groups attached to an aromatic ring is 1. The molecule has 1 saturated heterocycles. The Morgan fingerprint density at radius 1 is 1.60 bits per heavy atom. The third kappa shape index (κ3) is 2.46. The first kappa shape index (κ1) is 10.8. The lowest BCUT2D eigenvalue weighted by Gasteiger charge is -2.27. The van der Waals surface area contributed by atoms with Crippen LogP contribution in [-0.4, -0.2) is 22.6 Å². The van der Waals surface area contributed by atoms with E-state index in [9.17, 15) is 0 Å². The van der Waals surface area contributed by atoms with Crippen LogP contribution in [0, 0.1) is 0 Å². The van der Waals surface area contributed by atoms with Gasteiger partial charge >= 0.3 is 0 Å². The number of rotatable bonds is 1. The van der Waals surface area contributed by atoms with Crippen molar-refractivity contribution < 1.29 is 0 Å². The molecule has 0 amide bonds. The van der Waals surface area contributed by atoms with Crippen molar-refractivity contribution in [3.05, 3.63) is 16.5 Å². The molecule has 0 bridgehead atoms. The highest BCUT2D eigenvalue weighted by Crippen LogP contribution is 2.27. The summed E-state index contributed by atoms with van der Waals surface area (Å²) in [6.45, 7) is 3.25. The first-order chi connectivity index (χ1) is 7.16. The molecular formula is C10H15BrN4. The summed E-state index contributed by atoms with van der Waals surface area (Å²) in [5.41, 5.74) is 6.66. The second-order valence-electron chi connectivity index (χ2n) is 4.05. The molecule has 15 heavy (non-hydrogen) atoms. The average molecular weight is 271 g/mol. The minimum absolute atomic E-state index is 0.459. The van der Waals surface area contributed by atoms with Crippen LogP contribution < -0.4 is 11.1 Å². The van der Waals surface area contributed by atoms with Crippen LogP contribution in [0.5, 0.6) is 0 Å². The topological polar surface area (TPSA) is 63.8 Å². The van der Waals surface area contributed by atoms with E-state index in [0.717, 1.165) is 25.1 Å². The molecule has 0 spiro atoms. The predicted molar refractivity (Wildman–Crippen MR) is 63.6 cm³/mol. The molecule has 4 nitrogen and oxygen atoms in total. The third-order valence-corrected chi connectivity index (χ3v) is 3.40. The predicted octanol–water partition coefficient (Wildman–Crippen LogP) is 1.68. The summed E-state index contributed by atoms with van der Waals surface area (Å²) in [5, 5.41) is 3.42. The van der Waals surface area contributed by atoms with Gasteiger partial charge in [0.1, 0.15) is 4.60 Å². The van der Waals surface area contributed by atoms with Gasteiger partial charge in [-0.3, -0.25) is 0 Å². The molecule has 1 aromatic rings. The van der Waals surface area contributed by atoms with Crippen molar-refractivity contribution in [2.24, 2.45) is 0 Å². The van der Waals surface area contributed by atoms with E-state index >= 15 is 0 Å². The summed E-state index contributed by atoms with van der Waals surface area (Å²) in [5.74, 6) is 0.964. The highest BCUT2D eigenvalue weighted by molar-refractivity contribution is 9.10. The largest absolute Gasteiger partial charge is 0.381 e. The van der Waals surface area contributed by atoms with Gasteiger partial charge in [-0.2, -0.15) is 0 Å². The number of piperidine rings is 1. The van der Waals surface area contributed by atoms with Crippen molar-refractivity contribution >= 4 is 21.7 Å². The van der Waals surface area contributed by atoms with Crippen molar-refractivity contribution in [1.82, 2.24) is 15.3 Å². The highest BCUT2D eigenvalue weighted by atomic mass is 79.9. The zero-order chi connectivity index (χ0) is 10.8. The number of nitrogens with zero attached hydrogens (tertiary/aromatic N) is 2. The Bertz CT molecular complexity index is 355. The van der Waals surface area contributed by atoms with Gasteiger partial charge in [0, 0.05) is 12.0 Å². The molecule has 2 unspecified atom stereocenters. The summed E-state index contributed by atoms with van der Waals surface area (Å²) < 4.78 is 0.659. The monoisotopic (exact) mass is 270 g/mol. The molecule has 1 fully saturated rings. The van der Waals surface area contributed by atoms with E-state index in [0.29, 0.717) is 22.4 Å². The van der Waals surface area contributed by atoms with Crippen molar-refractivity contribution in [3.63, 3.8) is 0 Å². The molecule has 0 radical (unpaired) electrons. The fraction of sp³-hybridized carbons (Fsp3) is 0.600. The van der Waals surface area contributed by atoms with Gasteiger partial charge < -0.3 is 11.1 Å². The van der Waals surface area contributed by atoms with Crippen LogP contribution in [0.3, 0.4) is 0 Å². The lowest BCUT2D eigenvalue weighted by Crippen LogP contribution is -2.35. The van der Waals surface area contributed by atoms with E-state index < -0.39 is 0 Å². The Labute approximate surface area is 97.8 Å². The molecule has 1 aromatic heterocycles. The van der Waals surface area contributed by atoms with Gasteiger partial charge in [0.05, 0.1) is 11.9 Å². The number of nitrogens with two attached hydrogens (primary N) is 1. The molecule has 2 rings (SSSR count). The van der Waals surface area contributed by atoms with Crippen LogP contribution in [-0.2, 0) is 0 Å². The van der Waals surface area contributed by atoms with E-state index in [1.165, 1.54) is 0 Å². The minimum Gasteiger partial charge on any atom is -0.381 e. The molecule has 1 aliphatic heterocycles. The lowest BCUT2D eigenvalue weighted by molar-refractivity contribution is 0.376. The number of anilines is 1. The van der Waals surface area contributed by atoms with Gasteiger partial charge in [-0.15, -0.1) is 0 Å². The van der Waals surface area contributed by atoms with Crippen LogP contribution in [0.15, 0.2) is 10.8 Å². The summed E-state index contributed by atoms with van der Waals surface area (Å²) in [6, 6.07) is 0.557. The number of nitrogens with one attached hydrogen (secondary N) is 1. The fourth-order valence-electron chi connectivity index (χ4n) is 1.99. The standard InChI is InChI=1S/C10H15BrN4/c1-6-4-7(2-3-13-6)8-5-14-10(12)9(11)15-8/h5-7,13H,2-4H2,1H3,(H2,12,14). The van der Waals surface area contributed by atoms with Gasteiger partial charge in [0.15, 0.2) is 5.82 Å². The second kappa shape index (κ2) is 4.45. The molecule has 0 aromatic carbocycles. The third-order valence-electron chi connectivity index (χ3n) is 2.82. The Morgan fingerprint density at radius 2 is 2.40 bits per heavy atom. The number of hydrogen-bond acceptors (Lipinski definition) is 4. The van der Waals surface area contributed by atoms with Gasteiger partial charge in [-0.05, 0) is 42.2 Å². The van der Waals surface area contributed by atoms with Crippen molar-refractivity contribution in [3.8, 4) is 0 Å². The van der Waals surface area contributed by atoms with Gasteiger partial charge in [0.25, 0.3) is 0 Å². The molecule has 2 atom stereocenters. The first-order valence-electron chi connectivity index (χ1n) is 5.18. The van der Waals surface area contributed by atoms with Gasteiger partial charge in [-0.25, -0.2) is 9.97 Å². The molecule has 82 valence electrons. The summed E-state index contributed by atoms with van der Waals surface area (Å²) in [6.07, 6.45) is 4.03. The summed E-state index contributed by atoms with van der Waals surface area (Å²) >= 11 is 3.31. The summed E-state index contributed by atoms with van der Waals surface area (Å²) in [7, 11) is 0. The Morgan fingerprint density at radius 3 is 3.07 bits per heavy atom. The van der Waals surface area contributed by atoms with Crippen LogP contribution in [0.2, 0.25) is 0 Å². The number of aromatic nitrogens is 2. The van der Waals surface area contributed by atoms with E-state index in [1.54, 1.807) is 6.20 Å².